The van der Waals surface area contributed by atoms with Crippen LogP contribution in [0.25, 0.3) is 0 Å². The Bertz CT molecular complexity index is 661. The van der Waals surface area contributed by atoms with E-state index in [9.17, 15) is 18.0 Å². The molecule has 0 unspecified atom stereocenters. The summed E-state index contributed by atoms with van der Waals surface area (Å²) >= 11 is 5.79. The number of halogens is 4. The minimum Gasteiger partial charge on any atom is -0.348 e. The molecule has 104 valence electrons. The second-order valence-corrected chi connectivity index (χ2v) is 4.45. The zero-order chi connectivity index (χ0) is 14.7. The van der Waals surface area contributed by atoms with Crippen LogP contribution in [-0.2, 0) is 6.54 Å². The lowest BCUT2D eigenvalue weighted by molar-refractivity contribution is 0.0946. The summed E-state index contributed by atoms with van der Waals surface area (Å²) in [5.74, 6) is -2.81. The number of hydrogen-bond acceptors (Lipinski definition) is 1. The highest BCUT2D eigenvalue weighted by atomic mass is 35.5. The van der Waals surface area contributed by atoms with Crippen LogP contribution < -0.4 is 5.32 Å². The fourth-order valence-corrected chi connectivity index (χ4v) is 1.84. The molecule has 6 heteroatoms. The molecule has 0 aromatic heterocycles. The van der Waals surface area contributed by atoms with Crippen molar-refractivity contribution in [2.45, 2.75) is 6.54 Å². The van der Waals surface area contributed by atoms with Gasteiger partial charge in [0.25, 0.3) is 5.91 Å². The number of benzene rings is 2. The maximum atomic E-state index is 13.4. The SMILES string of the molecule is O=C(NCc1ccc(F)cc1Cl)c1cc(F)ccc1F. The van der Waals surface area contributed by atoms with Gasteiger partial charge in [0.2, 0.25) is 0 Å². The Morgan fingerprint density at radius 2 is 1.70 bits per heavy atom. The van der Waals surface area contributed by atoms with Crippen LogP contribution in [0.15, 0.2) is 36.4 Å². The molecule has 2 aromatic carbocycles. The number of carbonyl (C=O) groups is 1. The van der Waals surface area contributed by atoms with Gasteiger partial charge >= 0.3 is 0 Å². The molecule has 0 radical (unpaired) electrons. The van der Waals surface area contributed by atoms with E-state index in [1.807, 2.05) is 0 Å². The van der Waals surface area contributed by atoms with Crippen LogP contribution in [0.3, 0.4) is 0 Å². The van der Waals surface area contributed by atoms with Gasteiger partial charge in [-0.2, -0.15) is 0 Å². The van der Waals surface area contributed by atoms with Crippen LogP contribution in [0.5, 0.6) is 0 Å². The van der Waals surface area contributed by atoms with Crippen LogP contribution in [0.2, 0.25) is 5.02 Å². The van der Waals surface area contributed by atoms with Gasteiger partial charge in [0, 0.05) is 11.6 Å². The van der Waals surface area contributed by atoms with Crippen molar-refractivity contribution >= 4 is 17.5 Å². The van der Waals surface area contributed by atoms with Crippen molar-refractivity contribution < 1.29 is 18.0 Å². The summed E-state index contributed by atoms with van der Waals surface area (Å²) in [6.07, 6.45) is 0. The third-order valence-electron chi connectivity index (χ3n) is 2.63. The first-order valence-corrected chi connectivity index (χ1v) is 6.02. The number of hydrogen-bond donors (Lipinski definition) is 1. The van der Waals surface area contributed by atoms with Gasteiger partial charge in [0.15, 0.2) is 0 Å². The second kappa shape index (κ2) is 5.96. The normalized spacial score (nSPS) is 10.4. The van der Waals surface area contributed by atoms with Gasteiger partial charge in [-0.15, -0.1) is 0 Å². The maximum Gasteiger partial charge on any atom is 0.254 e. The topological polar surface area (TPSA) is 29.1 Å². The summed E-state index contributed by atoms with van der Waals surface area (Å²) in [6, 6.07) is 6.29. The zero-order valence-electron chi connectivity index (χ0n) is 10.1. The lowest BCUT2D eigenvalue weighted by atomic mass is 10.1. The van der Waals surface area contributed by atoms with Crippen LogP contribution in [0.1, 0.15) is 15.9 Å². The fourth-order valence-electron chi connectivity index (χ4n) is 1.61. The summed E-state index contributed by atoms with van der Waals surface area (Å²) in [6.45, 7) is -0.0199. The lowest BCUT2D eigenvalue weighted by Gasteiger charge is -2.08. The Hall–Kier alpha value is -2.01. The Labute approximate surface area is 118 Å². The molecule has 1 amide bonds. The van der Waals surface area contributed by atoms with Crippen molar-refractivity contribution in [1.82, 2.24) is 5.32 Å². The first-order chi connectivity index (χ1) is 9.47. The van der Waals surface area contributed by atoms with Crippen LogP contribution in [-0.4, -0.2) is 5.91 Å². The summed E-state index contributed by atoms with van der Waals surface area (Å²) < 4.78 is 39.2. The van der Waals surface area contributed by atoms with E-state index in [1.54, 1.807) is 0 Å². The molecule has 0 aliphatic carbocycles. The molecule has 20 heavy (non-hydrogen) atoms. The second-order valence-electron chi connectivity index (χ2n) is 4.04. The number of nitrogens with one attached hydrogen (secondary N) is 1. The van der Waals surface area contributed by atoms with E-state index in [2.05, 4.69) is 5.32 Å². The molecule has 0 aliphatic rings. The molecule has 1 N–H and O–H groups in total. The molecular weight excluding hydrogens is 291 g/mol. The highest BCUT2D eigenvalue weighted by molar-refractivity contribution is 6.31. The van der Waals surface area contributed by atoms with Crippen molar-refractivity contribution in [2.75, 3.05) is 0 Å². The van der Waals surface area contributed by atoms with E-state index < -0.39 is 28.9 Å². The summed E-state index contributed by atoms with van der Waals surface area (Å²) in [5.41, 5.74) is 0.0708. The average Bonchev–Trinajstić information content (AvgIpc) is 2.40. The summed E-state index contributed by atoms with van der Waals surface area (Å²) in [5, 5.41) is 2.53. The molecule has 0 heterocycles. The number of carbonyl (C=O) groups excluding carboxylic acids is 1. The Balaban J connectivity index is 2.10. The maximum absolute atomic E-state index is 13.4. The van der Waals surface area contributed by atoms with Crippen LogP contribution in [0.4, 0.5) is 13.2 Å². The molecule has 0 saturated heterocycles. The molecule has 2 rings (SSSR count). The van der Waals surface area contributed by atoms with Crippen molar-refractivity contribution in [3.8, 4) is 0 Å². The van der Waals surface area contributed by atoms with E-state index in [0.29, 0.717) is 5.56 Å². The van der Waals surface area contributed by atoms with Gasteiger partial charge in [-0.25, -0.2) is 13.2 Å². The minimum atomic E-state index is -0.825. The third kappa shape index (κ3) is 3.30. The van der Waals surface area contributed by atoms with E-state index in [-0.39, 0.29) is 11.6 Å². The Morgan fingerprint density at radius 3 is 2.40 bits per heavy atom. The first-order valence-electron chi connectivity index (χ1n) is 5.64. The largest absolute Gasteiger partial charge is 0.348 e. The molecule has 0 spiro atoms. The third-order valence-corrected chi connectivity index (χ3v) is 2.98. The van der Waals surface area contributed by atoms with Gasteiger partial charge in [-0.05, 0) is 35.9 Å². The van der Waals surface area contributed by atoms with Crippen molar-refractivity contribution in [1.29, 1.82) is 0 Å². The van der Waals surface area contributed by atoms with Gasteiger partial charge in [0.1, 0.15) is 17.5 Å². The molecule has 0 bridgehead atoms. The van der Waals surface area contributed by atoms with Crippen LogP contribution >= 0.6 is 11.6 Å². The minimum absolute atomic E-state index is 0.0199. The van der Waals surface area contributed by atoms with Crippen molar-refractivity contribution in [3.63, 3.8) is 0 Å². The molecule has 2 nitrogen and oxygen atoms in total. The van der Waals surface area contributed by atoms with Gasteiger partial charge < -0.3 is 5.32 Å². The number of amides is 1. The molecule has 0 saturated carbocycles. The molecule has 0 aliphatic heterocycles. The van der Waals surface area contributed by atoms with E-state index >= 15 is 0 Å². The standard InChI is InChI=1S/C14H9ClF3NO/c15-12-6-10(17)2-1-8(12)7-19-14(20)11-5-9(16)3-4-13(11)18/h1-6H,7H2,(H,19,20). The molecule has 2 aromatic rings. The Morgan fingerprint density at radius 1 is 1.05 bits per heavy atom. The fraction of sp³-hybridized carbons (Fsp3) is 0.0714. The van der Waals surface area contributed by atoms with E-state index in [1.165, 1.54) is 12.1 Å². The van der Waals surface area contributed by atoms with Gasteiger partial charge in [-0.1, -0.05) is 17.7 Å². The predicted molar refractivity (Wildman–Crippen MR) is 68.9 cm³/mol. The van der Waals surface area contributed by atoms with E-state index in [0.717, 1.165) is 24.3 Å². The zero-order valence-corrected chi connectivity index (χ0v) is 10.8. The molecule has 0 fully saturated rings. The lowest BCUT2D eigenvalue weighted by Crippen LogP contribution is -2.24. The average molecular weight is 300 g/mol. The van der Waals surface area contributed by atoms with Crippen molar-refractivity contribution in [3.05, 3.63) is 70.0 Å². The van der Waals surface area contributed by atoms with E-state index in [4.69, 9.17) is 11.6 Å². The first kappa shape index (κ1) is 14.4. The molecular formula is C14H9ClF3NO. The quantitative estimate of drug-likeness (QED) is 0.920. The summed E-state index contributed by atoms with van der Waals surface area (Å²) in [4.78, 5) is 11.7. The monoisotopic (exact) mass is 299 g/mol. The van der Waals surface area contributed by atoms with Gasteiger partial charge in [-0.3, -0.25) is 4.79 Å². The molecule has 0 atom stereocenters. The highest BCUT2D eigenvalue weighted by Gasteiger charge is 2.13. The Kier molecular flexibility index (Phi) is 4.29. The van der Waals surface area contributed by atoms with Crippen molar-refractivity contribution in [2.24, 2.45) is 0 Å². The number of rotatable bonds is 3. The van der Waals surface area contributed by atoms with Crippen LogP contribution in [0, 0.1) is 17.5 Å². The highest BCUT2D eigenvalue weighted by Crippen LogP contribution is 2.17. The summed E-state index contributed by atoms with van der Waals surface area (Å²) in [7, 11) is 0. The predicted octanol–water partition coefficient (Wildman–Crippen LogP) is 3.69. The smallest absolute Gasteiger partial charge is 0.254 e. The van der Waals surface area contributed by atoms with Gasteiger partial charge in [0.05, 0.1) is 5.56 Å².